The van der Waals surface area contributed by atoms with Gasteiger partial charge in [0.15, 0.2) is 5.78 Å². The lowest BCUT2D eigenvalue weighted by molar-refractivity contribution is 0.103. The highest BCUT2D eigenvalue weighted by molar-refractivity contribution is 6.11. The third kappa shape index (κ3) is 8.56. The van der Waals surface area contributed by atoms with Crippen molar-refractivity contribution in [1.29, 1.82) is 0 Å². The van der Waals surface area contributed by atoms with E-state index < -0.39 is 0 Å². The Morgan fingerprint density at radius 1 is 0.586 bits per heavy atom. The van der Waals surface area contributed by atoms with Gasteiger partial charge in [-0.3, -0.25) is 4.79 Å². The van der Waals surface area contributed by atoms with Crippen LogP contribution < -0.4 is 0 Å². The molecule has 0 aliphatic carbocycles. The standard InChI is InChI=1S/C47H52F2N8O/c1-31-5-7-37(21-33(31)3)45(56-29-50-27-52-56)25-54-17-13-35(14-18-54)43-23-39(48)9-11-41(43)47(58)42-12-10-40(49)24-44(42)36-15-19-55(20-16-36)26-46(57-30-51-28-53-57)38-8-6-32(2)34(4)22-38/h5-12,21-24,27-30,35-36,45-46H,13-20,25-26H2,1-4H3. The van der Waals surface area contributed by atoms with E-state index in [9.17, 15) is 4.79 Å². The lowest BCUT2D eigenvalue weighted by atomic mass is 9.81. The van der Waals surface area contributed by atoms with Crippen LogP contribution in [0.1, 0.15) is 110 Å². The van der Waals surface area contributed by atoms with Crippen molar-refractivity contribution in [3.8, 4) is 0 Å². The predicted molar refractivity (Wildman–Crippen MR) is 221 cm³/mol. The summed E-state index contributed by atoms with van der Waals surface area (Å²) in [5.74, 6) is -0.852. The van der Waals surface area contributed by atoms with Crippen LogP contribution in [-0.2, 0) is 0 Å². The van der Waals surface area contributed by atoms with Gasteiger partial charge >= 0.3 is 0 Å². The van der Waals surface area contributed by atoms with Gasteiger partial charge in [-0.25, -0.2) is 28.1 Å². The molecular formula is C47H52F2N8O. The molecule has 0 amide bonds. The fraction of sp³-hybridized carbons (Fsp3) is 0.383. The highest BCUT2D eigenvalue weighted by atomic mass is 19.1. The fourth-order valence-electron chi connectivity index (χ4n) is 9.03. The molecule has 0 spiro atoms. The number of carbonyl (C=O) groups is 1. The highest BCUT2D eigenvalue weighted by Crippen LogP contribution is 2.37. The first kappa shape index (κ1) is 39.4. The van der Waals surface area contributed by atoms with E-state index in [-0.39, 0.29) is 41.3 Å². The number of rotatable bonds is 12. The Morgan fingerprint density at radius 3 is 1.36 bits per heavy atom. The van der Waals surface area contributed by atoms with Gasteiger partial charge in [0.25, 0.3) is 0 Å². The van der Waals surface area contributed by atoms with Crippen LogP contribution >= 0.6 is 0 Å². The van der Waals surface area contributed by atoms with Crippen LogP contribution in [0.25, 0.3) is 0 Å². The predicted octanol–water partition coefficient (Wildman–Crippen LogP) is 8.55. The zero-order chi connectivity index (χ0) is 40.3. The molecule has 0 N–H and O–H groups in total. The molecule has 9 nitrogen and oxygen atoms in total. The molecule has 0 saturated carbocycles. The molecule has 0 radical (unpaired) electrons. The van der Waals surface area contributed by atoms with E-state index in [1.54, 1.807) is 49.6 Å². The SMILES string of the molecule is Cc1ccc(C(CN2CCC(c3cc(F)ccc3C(=O)c3ccc(F)cc3C3CCN(CC(c4ccc(C)c(C)c4)n4cncn4)CC3)CC2)n2cncn2)cc1C. The smallest absolute Gasteiger partial charge is 0.193 e. The second-order valence-electron chi connectivity index (χ2n) is 16.4. The van der Waals surface area contributed by atoms with Gasteiger partial charge in [0.05, 0.1) is 12.1 Å². The second kappa shape index (κ2) is 17.2. The zero-order valence-electron chi connectivity index (χ0n) is 33.9. The molecule has 2 unspecified atom stereocenters. The molecule has 2 saturated heterocycles. The maximum Gasteiger partial charge on any atom is 0.193 e. The first-order valence-corrected chi connectivity index (χ1v) is 20.5. The number of carbonyl (C=O) groups excluding carboxylic acids is 1. The average molecular weight is 783 g/mol. The zero-order valence-corrected chi connectivity index (χ0v) is 33.9. The van der Waals surface area contributed by atoms with Crippen LogP contribution in [0.15, 0.2) is 98.1 Å². The molecule has 2 atom stereocenters. The molecule has 4 aromatic carbocycles. The second-order valence-corrected chi connectivity index (χ2v) is 16.4. The Labute approximate surface area is 339 Å². The molecule has 2 fully saturated rings. The van der Waals surface area contributed by atoms with Crippen molar-refractivity contribution in [1.82, 2.24) is 39.3 Å². The summed E-state index contributed by atoms with van der Waals surface area (Å²) in [7, 11) is 0. The van der Waals surface area contributed by atoms with E-state index in [1.807, 2.05) is 9.36 Å². The molecule has 2 aliphatic heterocycles. The van der Waals surface area contributed by atoms with Crippen molar-refractivity contribution in [2.24, 2.45) is 0 Å². The Bertz CT molecular complexity index is 2180. The molecule has 2 aliphatic rings. The summed E-state index contributed by atoms with van der Waals surface area (Å²) in [5, 5.41) is 9.00. The molecule has 58 heavy (non-hydrogen) atoms. The van der Waals surface area contributed by atoms with E-state index in [1.165, 1.54) is 45.5 Å². The molecule has 11 heteroatoms. The van der Waals surface area contributed by atoms with Crippen molar-refractivity contribution in [3.05, 3.63) is 165 Å². The van der Waals surface area contributed by atoms with Crippen molar-refractivity contribution >= 4 is 5.78 Å². The minimum atomic E-state index is -0.355. The number of aromatic nitrogens is 6. The number of piperidine rings is 2. The summed E-state index contributed by atoms with van der Waals surface area (Å²) in [5.41, 5.74) is 9.82. The number of nitrogens with zero attached hydrogens (tertiary/aromatic N) is 8. The van der Waals surface area contributed by atoms with E-state index in [4.69, 9.17) is 0 Å². The molecule has 6 aromatic rings. The van der Waals surface area contributed by atoms with Gasteiger partial charge in [-0.2, -0.15) is 10.2 Å². The van der Waals surface area contributed by atoms with Gasteiger partial charge in [0, 0.05) is 24.2 Å². The number of benzene rings is 4. The van der Waals surface area contributed by atoms with E-state index >= 15 is 8.78 Å². The lowest BCUT2D eigenvalue weighted by Crippen LogP contribution is -2.38. The molecule has 2 aromatic heterocycles. The molecule has 8 rings (SSSR count). The van der Waals surface area contributed by atoms with Gasteiger partial charge in [0.1, 0.15) is 36.9 Å². The van der Waals surface area contributed by atoms with Crippen LogP contribution in [0, 0.1) is 39.3 Å². The van der Waals surface area contributed by atoms with Gasteiger partial charge in [-0.05, 0) is 172 Å². The third-order valence-electron chi connectivity index (χ3n) is 12.8. The minimum Gasteiger partial charge on any atom is -0.301 e. The van der Waals surface area contributed by atoms with Crippen LogP contribution in [0.2, 0.25) is 0 Å². The molecule has 4 heterocycles. The van der Waals surface area contributed by atoms with E-state index in [0.717, 1.165) is 76.1 Å². The fourth-order valence-corrected chi connectivity index (χ4v) is 9.03. The topological polar surface area (TPSA) is 85.0 Å². The summed E-state index contributed by atoms with van der Waals surface area (Å²) in [6, 6.07) is 22.2. The van der Waals surface area contributed by atoms with Crippen LogP contribution in [0.5, 0.6) is 0 Å². The molecular weight excluding hydrogens is 731 g/mol. The normalized spacial score (nSPS) is 17.1. The maximum absolute atomic E-state index is 15.0. The number of aryl methyl sites for hydroxylation is 4. The highest BCUT2D eigenvalue weighted by Gasteiger charge is 2.31. The van der Waals surface area contributed by atoms with E-state index in [0.29, 0.717) is 11.1 Å². The largest absolute Gasteiger partial charge is 0.301 e. The monoisotopic (exact) mass is 782 g/mol. The van der Waals surface area contributed by atoms with Gasteiger partial charge in [-0.15, -0.1) is 0 Å². The van der Waals surface area contributed by atoms with Crippen LogP contribution in [-0.4, -0.2) is 84.4 Å². The quantitative estimate of drug-likeness (QED) is 0.115. The number of hydrogen-bond donors (Lipinski definition) is 0. The summed E-state index contributed by atoms with van der Waals surface area (Å²) in [4.78, 5) is 27.9. The third-order valence-corrected chi connectivity index (χ3v) is 12.8. The number of likely N-dealkylation sites (tertiary alicyclic amines) is 2. The van der Waals surface area contributed by atoms with Gasteiger partial charge < -0.3 is 9.80 Å². The van der Waals surface area contributed by atoms with Gasteiger partial charge in [0.2, 0.25) is 0 Å². The lowest BCUT2D eigenvalue weighted by Gasteiger charge is -2.35. The summed E-state index contributed by atoms with van der Waals surface area (Å²) in [6.45, 7) is 13.2. The Balaban J connectivity index is 0.967. The summed E-state index contributed by atoms with van der Waals surface area (Å²) < 4.78 is 33.9. The minimum absolute atomic E-state index is 0.000926. The molecule has 300 valence electrons. The van der Waals surface area contributed by atoms with E-state index in [2.05, 4.69) is 94.1 Å². The number of hydrogen-bond acceptors (Lipinski definition) is 7. The Hall–Kier alpha value is -5.39. The first-order chi connectivity index (χ1) is 28.1. The maximum atomic E-state index is 15.0. The first-order valence-electron chi connectivity index (χ1n) is 20.5. The number of halogens is 2. The molecule has 0 bridgehead atoms. The van der Waals surface area contributed by atoms with Crippen molar-refractivity contribution in [2.45, 2.75) is 77.3 Å². The average Bonchev–Trinajstić information content (AvgIpc) is 3.98. The van der Waals surface area contributed by atoms with Crippen LogP contribution in [0.3, 0.4) is 0 Å². The number of ketones is 1. The van der Waals surface area contributed by atoms with Gasteiger partial charge in [-0.1, -0.05) is 36.4 Å². The van der Waals surface area contributed by atoms with Crippen LogP contribution in [0.4, 0.5) is 8.78 Å². The Kier molecular flexibility index (Phi) is 11.7. The van der Waals surface area contributed by atoms with Crippen molar-refractivity contribution < 1.29 is 13.6 Å². The summed E-state index contributed by atoms with van der Waals surface area (Å²) >= 11 is 0. The van der Waals surface area contributed by atoms with Crippen molar-refractivity contribution in [2.75, 3.05) is 39.3 Å². The van der Waals surface area contributed by atoms with Crippen molar-refractivity contribution in [3.63, 3.8) is 0 Å². The summed E-state index contributed by atoms with van der Waals surface area (Å²) in [6.07, 6.45) is 9.83. The Morgan fingerprint density at radius 2 is 1.00 bits per heavy atom.